The summed E-state index contributed by atoms with van der Waals surface area (Å²) in [5.74, 6) is 0. The van der Waals surface area contributed by atoms with Gasteiger partial charge in [-0.2, -0.15) is 0 Å². The van der Waals surface area contributed by atoms with Crippen molar-refractivity contribution < 1.29 is 4.79 Å². The Hall–Kier alpha value is -2.33. The number of fused-ring (bicyclic) bond motifs is 1. The molecular weight excluding hydrogens is 322 g/mol. The van der Waals surface area contributed by atoms with Crippen LogP contribution in [0.3, 0.4) is 0 Å². The van der Waals surface area contributed by atoms with Crippen molar-refractivity contribution in [2.75, 3.05) is 26.7 Å². The molecule has 0 spiro atoms. The van der Waals surface area contributed by atoms with Crippen molar-refractivity contribution >= 4 is 6.03 Å². The number of carbonyl (C=O) groups excluding carboxylic acids is 1. The van der Waals surface area contributed by atoms with Crippen molar-refractivity contribution in [1.29, 1.82) is 0 Å². The topological polar surface area (TPSA) is 35.6 Å². The zero-order chi connectivity index (χ0) is 17.9. The SMILES string of the molecule is CN1CCC(N2C(=O)NCCc3ccccc3C2c2ccccc2)CC1. The fourth-order valence-electron chi connectivity index (χ4n) is 4.32. The first-order valence-electron chi connectivity index (χ1n) is 9.61. The van der Waals surface area contributed by atoms with Crippen LogP contribution in [0.25, 0.3) is 0 Å². The zero-order valence-corrected chi connectivity index (χ0v) is 15.4. The molecule has 2 amide bonds. The summed E-state index contributed by atoms with van der Waals surface area (Å²) < 4.78 is 0. The summed E-state index contributed by atoms with van der Waals surface area (Å²) in [6.45, 7) is 2.77. The van der Waals surface area contributed by atoms with E-state index in [1.807, 2.05) is 6.07 Å². The van der Waals surface area contributed by atoms with Gasteiger partial charge >= 0.3 is 6.03 Å². The summed E-state index contributed by atoms with van der Waals surface area (Å²) in [5.41, 5.74) is 3.79. The highest BCUT2D eigenvalue weighted by atomic mass is 16.2. The summed E-state index contributed by atoms with van der Waals surface area (Å²) >= 11 is 0. The van der Waals surface area contributed by atoms with E-state index in [0.717, 1.165) is 32.4 Å². The van der Waals surface area contributed by atoms with Gasteiger partial charge in [-0.05, 0) is 56.1 Å². The molecule has 4 nitrogen and oxygen atoms in total. The van der Waals surface area contributed by atoms with E-state index in [0.29, 0.717) is 6.54 Å². The molecule has 2 heterocycles. The molecular formula is C22H27N3O. The molecule has 0 radical (unpaired) electrons. The Balaban J connectivity index is 1.81. The number of hydrogen-bond acceptors (Lipinski definition) is 2. The van der Waals surface area contributed by atoms with Gasteiger partial charge in [0.1, 0.15) is 0 Å². The fourth-order valence-corrected chi connectivity index (χ4v) is 4.32. The first kappa shape index (κ1) is 17.1. The predicted octanol–water partition coefficient (Wildman–Crippen LogP) is 3.44. The molecule has 2 aliphatic heterocycles. The Labute approximate surface area is 155 Å². The molecule has 4 rings (SSSR count). The molecule has 1 fully saturated rings. The van der Waals surface area contributed by atoms with Gasteiger partial charge in [-0.15, -0.1) is 0 Å². The van der Waals surface area contributed by atoms with Crippen LogP contribution in [0.5, 0.6) is 0 Å². The lowest BCUT2D eigenvalue weighted by Gasteiger charge is -2.43. The van der Waals surface area contributed by atoms with Crippen molar-refractivity contribution in [2.45, 2.75) is 31.3 Å². The lowest BCUT2D eigenvalue weighted by molar-refractivity contribution is 0.112. The molecule has 4 heteroatoms. The minimum atomic E-state index is -0.0268. The third-order valence-electron chi connectivity index (χ3n) is 5.73. The van der Waals surface area contributed by atoms with Crippen LogP contribution in [0, 0.1) is 0 Å². The van der Waals surface area contributed by atoms with E-state index in [1.54, 1.807) is 0 Å². The second-order valence-electron chi connectivity index (χ2n) is 7.44. The number of hydrogen-bond donors (Lipinski definition) is 1. The van der Waals surface area contributed by atoms with Crippen LogP contribution in [0.4, 0.5) is 4.79 Å². The summed E-state index contributed by atoms with van der Waals surface area (Å²) in [5, 5.41) is 3.16. The minimum Gasteiger partial charge on any atom is -0.338 e. The second kappa shape index (κ2) is 7.50. The number of rotatable bonds is 2. The Kier molecular flexibility index (Phi) is 4.93. The molecule has 2 aliphatic rings. The van der Waals surface area contributed by atoms with E-state index in [-0.39, 0.29) is 18.1 Å². The highest BCUT2D eigenvalue weighted by Crippen LogP contribution is 2.35. The monoisotopic (exact) mass is 349 g/mol. The number of nitrogens with one attached hydrogen (secondary N) is 1. The molecule has 26 heavy (non-hydrogen) atoms. The zero-order valence-electron chi connectivity index (χ0n) is 15.4. The number of nitrogens with zero attached hydrogens (tertiary/aromatic N) is 2. The van der Waals surface area contributed by atoms with E-state index in [1.165, 1.54) is 16.7 Å². The number of urea groups is 1. The molecule has 1 unspecified atom stereocenters. The quantitative estimate of drug-likeness (QED) is 0.901. The molecule has 0 aromatic heterocycles. The average Bonchev–Trinajstić information content (AvgIpc) is 2.67. The summed E-state index contributed by atoms with van der Waals surface area (Å²) in [6, 6.07) is 19.4. The van der Waals surface area contributed by atoms with Gasteiger partial charge in [0.05, 0.1) is 6.04 Å². The lowest BCUT2D eigenvalue weighted by Crippen LogP contribution is -2.53. The van der Waals surface area contributed by atoms with Crippen LogP contribution in [0.15, 0.2) is 54.6 Å². The number of carbonyl (C=O) groups is 1. The highest BCUT2D eigenvalue weighted by molar-refractivity contribution is 5.76. The van der Waals surface area contributed by atoms with E-state index in [4.69, 9.17) is 0 Å². The Bertz CT molecular complexity index is 753. The van der Waals surface area contributed by atoms with E-state index < -0.39 is 0 Å². The van der Waals surface area contributed by atoms with Crippen molar-refractivity contribution in [3.8, 4) is 0 Å². The lowest BCUT2D eigenvalue weighted by atomic mass is 9.89. The maximum atomic E-state index is 13.1. The van der Waals surface area contributed by atoms with E-state index >= 15 is 0 Å². The molecule has 136 valence electrons. The van der Waals surface area contributed by atoms with Gasteiger partial charge in [-0.1, -0.05) is 54.6 Å². The summed E-state index contributed by atoms with van der Waals surface area (Å²) in [6.07, 6.45) is 2.93. The van der Waals surface area contributed by atoms with Crippen LogP contribution in [0.2, 0.25) is 0 Å². The van der Waals surface area contributed by atoms with Gasteiger partial charge in [-0.3, -0.25) is 0 Å². The Morgan fingerprint density at radius 1 is 0.962 bits per heavy atom. The summed E-state index contributed by atoms with van der Waals surface area (Å²) in [7, 11) is 2.16. The van der Waals surface area contributed by atoms with Crippen LogP contribution in [-0.4, -0.2) is 48.6 Å². The first-order valence-corrected chi connectivity index (χ1v) is 9.61. The molecule has 1 N–H and O–H groups in total. The van der Waals surface area contributed by atoms with Crippen LogP contribution in [-0.2, 0) is 6.42 Å². The van der Waals surface area contributed by atoms with Crippen LogP contribution in [0.1, 0.15) is 35.6 Å². The number of amides is 2. The molecule has 1 atom stereocenters. The smallest absolute Gasteiger partial charge is 0.318 e. The van der Waals surface area contributed by atoms with Crippen LogP contribution >= 0.6 is 0 Å². The van der Waals surface area contributed by atoms with Gasteiger partial charge in [0, 0.05) is 12.6 Å². The molecule has 0 bridgehead atoms. The van der Waals surface area contributed by atoms with Gasteiger partial charge < -0.3 is 15.1 Å². The molecule has 1 saturated heterocycles. The summed E-state index contributed by atoms with van der Waals surface area (Å²) in [4.78, 5) is 17.6. The maximum Gasteiger partial charge on any atom is 0.318 e. The maximum absolute atomic E-state index is 13.1. The molecule has 0 aliphatic carbocycles. The molecule has 2 aromatic rings. The number of piperidine rings is 1. The van der Waals surface area contributed by atoms with E-state index in [2.05, 4.69) is 70.7 Å². The largest absolute Gasteiger partial charge is 0.338 e. The van der Waals surface area contributed by atoms with Crippen molar-refractivity contribution in [3.63, 3.8) is 0 Å². The predicted molar refractivity (Wildman–Crippen MR) is 104 cm³/mol. The van der Waals surface area contributed by atoms with Gasteiger partial charge in [0.25, 0.3) is 0 Å². The normalized spacial score (nSPS) is 22.3. The van der Waals surface area contributed by atoms with Gasteiger partial charge in [0.2, 0.25) is 0 Å². The number of benzene rings is 2. The molecule has 0 saturated carbocycles. The third kappa shape index (κ3) is 3.34. The van der Waals surface area contributed by atoms with Crippen molar-refractivity contribution in [2.24, 2.45) is 0 Å². The Morgan fingerprint density at radius 3 is 2.42 bits per heavy atom. The van der Waals surface area contributed by atoms with E-state index in [9.17, 15) is 4.79 Å². The van der Waals surface area contributed by atoms with Gasteiger partial charge in [0.15, 0.2) is 0 Å². The van der Waals surface area contributed by atoms with Crippen molar-refractivity contribution in [1.82, 2.24) is 15.1 Å². The highest BCUT2D eigenvalue weighted by Gasteiger charge is 2.36. The third-order valence-corrected chi connectivity index (χ3v) is 5.73. The van der Waals surface area contributed by atoms with Crippen molar-refractivity contribution in [3.05, 3.63) is 71.3 Å². The fraction of sp³-hybridized carbons (Fsp3) is 0.409. The number of likely N-dealkylation sites (tertiary alicyclic amines) is 1. The Morgan fingerprint density at radius 2 is 1.65 bits per heavy atom. The van der Waals surface area contributed by atoms with Crippen LogP contribution < -0.4 is 5.32 Å². The minimum absolute atomic E-state index is 0.0268. The molecule has 2 aromatic carbocycles. The average molecular weight is 349 g/mol. The van der Waals surface area contributed by atoms with Gasteiger partial charge in [-0.25, -0.2) is 4.79 Å². The standard InChI is InChI=1S/C22H27N3O/c1-24-15-12-19(13-16-24)25-21(18-8-3-2-4-9-18)20-10-6-5-7-17(20)11-14-23-22(25)26/h2-10,19,21H,11-16H2,1H3,(H,23,26). The second-order valence-corrected chi connectivity index (χ2v) is 7.44. The first-order chi connectivity index (χ1) is 12.7.